The van der Waals surface area contributed by atoms with Crippen molar-refractivity contribution in [1.29, 1.82) is 0 Å². The van der Waals surface area contributed by atoms with E-state index in [0.717, 1.165) is 24.4 Å². The molecule has 0 spiro atoms. The van der Waals surface area contributed by atoms with Gasteiger partial charge in [0, 0.05) is 35.9 Å². The number of nitrogens with two attached hydrogens (primary N) is 1. The summed E-state index contributed by atoms with van der Waals surface area (Å²) in [5, 5.41) is 21.4. The Labute approximate surface area is 203 Å². The highest BCUT2D eigenvalue weighted by Gasteiger charge is 2.49. The number of aromatic nitrogens is 4. The number of pyridine rings is 1. The molecule has 1 aliphatic rings. The van der Waals surface area contributed by atoms with Crippen LogP contribution in [0.3, 0.4) is 0 Å². The normalized spacial score (nSPS) is 17.8. The smallest absolute Gasteiger partial charge is 0.260 e. The average molecular weight is 495 g/mol. The molecule has 2 amide bonds. The Bertz CT molecular complexity index is 1480. The first-order valence-electron chi connectivity index (χ1n) is 10.9. The number of ether oxygens (including phenoxy) is 1. The molecule has 1 aromatic carbocycles. The maximum atomic E-state index is 14.4. The molecule has 0 aliphatic carbocycles. The third-order valence-electron chi connectivity index (χ3n) is 5.87. The molecule has 1 fully saturated rings. The summed E-state index contributed by atoms with van der Waals surface area (Å²) in [6.07, 6.45) is 1.81. The number of fused-ring (bicyclic) bond motifs is 1. The van der Waals surface area contributed by atoms with Crippen molar-refractivity contribution in [2.75, 3.05) is 29.1 Å². The van der Waals surface area contributed by atoms with Crippen LogP contribution in [0.5, 0.6) is 0 Å². The van der Waals surface area contributed by atoms with Gasteiger partial charge >= 0.3 is 0 Å². The van der Waals surface area contributed by atoms with Gasteiger partial charge in [-0.1, -0.05) is 5.16 Å². The van der Waals surface area contributed by atoms with Gasteiger partial charge in [-0.2, -0.15) is 0 Å². The van der Waals surface area contributed by atoms with E-state index in [2.05, 4.69) is 20.6 Å². The Morgan fingerprint density at radius 2 is 2.14 bits per heavy atom. The van der Waals surface area contributed by atoms with Crippen LogP contribution in [0.4, 0.5) is 21.7 Å². The lowest BCUT2D eigenvalue weighted by atomic mass is 9.95. The topological polar surface area (TPSA) is 162 Å². The van der Waals surface area contributed by atoms with E-state index in [9.17, 15) is 19.1 Å². The number of aryl methyl sites for hydroxylation is 1. The van der Waals surface area contributed by atoms with Crippen LogP contribution in [-0.4, -0.2) is 61.7 Å². The summed E-state index contributed by atoms with van der Waals surface area (Å²) in [6, 6.07) is 7.57. The van der Waals surface area contributed by atoms with Gasteiger partial charge in [0.05, 0.1) is 18.8 Å². The third kappa shape index (κ3) is 4.03. The summed E-state index contributed by atoms with van der Waals surface area (Å²) < 4.78 is 26.4. The summed E-state index contributed by atoms with van der Waals surface area (Å²) in [4.78, 5) is 31.7. The molecule has 0 radical (unpaired) electrons. The Balaban J connectivity index is 1.35. The number of nitrogens with zero attached hydrogens (tertiary/aromatic N) is 5. The van der Waals surface area contributed by atoms with Crippen LogP contribution in [0, 0.1) is 12.7 Å². The van der Waals surface area contributed by atoms with Crippen molar-refractivity contribution in [2.24, 2.45) is 0 Å². The summed E-state index contributed by atoms with van der Waals surface area (Å²) in [5.41, 5.74) is 4.83. The number of halogens is 1. The standard InChI is InChI=1S/C23H22FN7O5/c1-12-9-14(3-5-26-12)31-6-4-17(28-31)30-7-8-35-19(21(30)32)23(2,34)22(33)27-13-10-15(24)18-16(11-13)36-29-20(18)25/h3-6,9-11,19,34H,7-8H2,1-2H3,(H2,25,29)(H,27,33)/t19-,23?/m0/s1. The number of benzene rings is 1. The van der Waals surface area contributed by atoms with Crippen molar-refractivity contribution >= 4 is 40.1 Å². The molecule has 12 nitrogen and oxygen atoms in total. The van der Waals surface area contributed by atoms with E-state index in [4.69, 9.17) is 15.0 Å². The van der Waals surface area contributed by atoms with Crippen LogP contribution in [-0.2, 0) is 14.3 Å². The Hall–Kier alpha value is -4.36. The molecular formula is C23H22FN7O5. The highest BCUT2D eigenvalue weighted by atomic mass is 19.1. The van der Waals surface area contributed by atoms with Crippen LogP contribution >= 0.6 is 0 Å². The fourth-order valence-corrected chi connectivity index (χ4v) is 3.99. The van der Waals surface area contributed by atoms with E-state index >= 15 is 0 Å². The lowest BCUT2D eigenvalue weighted by Crippen LogP contribution is -2.61. The molecule has 3 aromatic heterocycles. The van der Waals surface area contributed by atoms with Gasteiger partial charge in [-0.3, -0.25) is 19.5 Å². The summed E-state index contributed by atoms with van der Waals surface area (Å²) in [5.74, 6) is -2.20. The van der Waals surface area contributed by atoms with E-state index in [1.807, 2.05) is 13.0 Å². The Kier molecular flexibility index (Phi) is 5.65. The van der Waals surface area contributed by atoms with Gasteiger partial charge in [0.1, 0.15) is 11.2 Å². The van der Waals surface area contributed by atoms with Crippen LogP contribution < -0.4 is 16.0 Å². The maximum absolute atomic E-state index is 14.4. The lowest BCUT2D eigenvalue weighted by Gasteiger charge is -2.37. The number of aliphatic hydroxyl groups is 1. The average Bonchev–Trinajstić information content (AvgIpc) is 3.46. The molecule has 4 heterocycles. The number of nitrogens with one attached hydrogen (secondary N) is 1. The Morgan fingerprint density at radius 3 is 2.92 bits per heavy atom. The number of rotatable bonds is 5. The van der Waals surface area contributed by atoms with Crippen LogP contribution in [0.15, 0.2) is 47.2 Å². The first-order valence-corrected chi connectivity index (χ1v) is 10.9. The van der Waals surface area contributed by atoms with E-state index in [0.29, 0.717) is 5.82 Å². The molecule has 36 heavy (non-hydrogen) atoms. The quantitative estimate of drug-likeness (QED) is 0.373. The molecule has 13 heteroatoms. The number of anilines is 3. The van der Waals surface area contributed by atoms with Gasteiger partial charge in [0.15, 0.2) is 28.9 Å². The van der Waals surface area contributed by atoms with Gasteiger partial charge in [0.25, 0.3) is 11.8 Å². The predicted molar refractivity (Wildman–Crippen MR) is 126 cm³/mol. The van der Waals surface area contributed by atoms with Gasteiger partial charge in [-0.05, 0) is 32.0 Å². The molecule has 1 aliphatic heterocycles. The number of nitrogen functional groups attached to an aromatic ring is 1. The van der Waals surface area contributed by atoms with Crippen molar-refractivity contribution in [3.05, 3.63) is 54.2 Å². The first kappa shape index (κ1) is 23.4. The monoisotopic (exact) mass is 495 g/mol. The molecule has 186 valence electrons. The second-order valence-electron chi connectivity index (χ2n) is 8.52. The first-order chi connectivity index (χ1) is 17.1. The number of carbonyl (C=O) groups excluding carboxylic acids is 2. The van der Waals surface area contributed by atoms with Crippen LogP contribution in [0.2, 0.25) is 0 Å². The second kappa shape index (κ2) is 8.70. The van der Waals surface area contributed by atoms with Gasteiger partial charge < -0.3 is 25.4 Å². The zero-order valence-electron chi connectivity index (χ0n) is 19.3. The molecule has 0 saturated carbocycles. The van der Waals surface area contributed by atoms with Crippen LogP contribution in [0.1, 0.15) is 12.6 Å². The van der Waals surface area contributed by atoms with Crippen molar-refractivity contribution in [1.82, 2.24) is 19.9 Å². The van der Waals surface area contributed by atoms with Crippen LogP contribution in [0.25, 0.3) is 16.7 Å². The molecule has 1 saturated heterocycles. The van der Waals surface area contributed by atoms with Crippen molar-refractivity contribution in [2.45, 2.75) is 25.6 Å². The summed E-state index contributed by atoms with van der Waals surface area (Å²) in [7, 11) is 0. The number of hydrogen-bond donors (Lipinski definition) is 3. The molecule has 5 rings (SSSR count). The Morgan fingerprint density at radius 1 is 1.33 bits per heavy atom. The van der Waals surface area contributed by atoms with E-state index in [1.165, 1.54) is 11.0 Å². The number of carbonyl (C=O) groups is 2. The highest BCUT2D eigenvalue weighted by Crippen LogP contribution is 2.29. The van der Waals surface area contributed by atoms with Crippen molar-refractivity contribution < 1.29 is 28.3 Å². The minimum Gasteiger partial charge on any atom is -0.380 e. The van der Waals surface area contributed by atoms with E-state index < -0.39 is 29.3 Å². The fraction of sp³-hybridized carbons (Fsp3) is 0.261. The molecule has 4 aromatic rings. The maximum Gasteiger partial charge on any atom is 0.260 e. The third-order valence-corrected chi connectivity index (χ3v) is 5.87. The van der Waals surface area contributed by atoms with Gasteiger partial charge in [-0.15, -0.1) is 5.10 Å². The van der Waals surface area contributed by atoms with E-state index in [-0.39, 0.29) is 35.6 Å². The number of hydrogen-bond acceptors (Lipinski definition) is 9. The summed E-state index contributed by atoms with van der Waals surface area (Å²) in [6.45, 7) is 3.23. The number of morpholine rings is 1. The molecule has 1 unspecified atom stereocenters. The fourth-order valence-electron chi connectivity index (χ4n) is 3.99. The SMILES string of the molecule is Cc1cc(-n2ccc(N3CCO[C@H](C(C)(O)C(=O)Nc4cc(F)c5c(N)noc5c4)C3=O)n2)ccn1. The minimum atomic E-state index is -2.30. The minimum absolute atomic E-state index is 0.0126. The number of amides is 2. The van der Waals surface area contributed by atoms with Crippen molar-refractivity contribution in [3.63, 3.8) is 0 Å². The zero-order chi connectivity index (χ0) is 25.6. The lowest BCUT2D eigenvalue weighted by molar-refractivity contribution is -0.165. The van der Waals surface area contributed by atoms with Gasteiger partial charge in [-0.25, -0.2) is 9.07 Å². The van der Waals surface area contributed by atoms with Crippen molar-refractivity contribution in [3.8, 4) is 5.69 Å². The second-order valence-corrected chi connectivity index (χ2v) is 8.52. The molecule has 0 bridgehead atoms. The molecule has 4 N–H and O–H groups in total. The van der Waals surface area contributed by atoms with E-state index in [1.54, 1.807) is 29.2 Å². The molecular weight excluding hydrogens is 473 g/mol. The summed E-state index contributed by atoms with van der Waals surface area (Å²) >= 11 is 0. The highest BCUT2D eigenvalue weighted by molar-refractivity contribution is 6.06. The largest absolute Gasteiger partial charge is 0.380 e. The van der Waals surface area contributed by atoms with Gasteiger partial charge in [0.2, 0.25) is 0 Å². The zero-order valence-corrected chi connectivity index (χ0v) is 19.3. The predicted octanol–water partition coefficient (Wildman–Crippen LogP) is 1.56. The molecule has 2 atom stereocenters.